The van der Waals surface area contributed by atoms with E-state index in [-0.39, 0.29) is 6.61 Å². The number of aliphatic hydroxyl groups is 1. The Morgan fingerprint density at radius 2 is 1.74 bits per heavy atom. The van der Waals surface area contributed by atoms with Gasteiger partial charge >= 0.3 is 0 Å². The van der Waals surface area contributed by atoms with E-state index in [1.807, 2.05) is 4.57 Å². The maximum atomic E-state index is 9.25. The number of aromatic nitrogens is 3. The van der Waals surface area contributed by atoms with Crippen LogP contribution in [-0.4, -0.2) is 19.9 Å². The zero-order chi connectivity index (χ0) is 13.7. The van der Waals surface area contributed by atoms with E-state index in [0.717, 1.165) is 31.6 Å². The van der Waals surface area contributed by atoms with Crippen LogP contribution in [0.2, 0.25) is 0 Å². The standard InChI is InChI=1S/C15H21N3O/c1-3-10-18-14(16-17-15(18)11-19)9-8-13-6-4-12(2)5-7-13/h4-7,19H,3,8-11H2,1-2H3. The van der Waals surface area contributed by atoms with Crippen LogP contribution < -0.4 is 0 Å². The summed E-state index contributed by atoms with van der Waals surface area (Å²) >= 11 is 0. The van der Waals surface area contributed by atoms with Crippen LogP contribution in [0.4, 0.5) is 0 Å². The molecule has 1 aromatic heterocycles. The summed E-state index contributed by atoms with van der Waals surface area (Å²) in [7, 11) is 0. The normalized spacial score (nSPS) is 10.9. The van der Waals surface area contributed by atoms with Crippen LogP contribution in [0.3, 0.4) is 0 Å². The van der Waals surface area contributed by atoms with Gasteiger partial charge in [-0.1, -0.05) is 36.8 Å². The molecule has 102 valence electrons. The molecule has 2 rings (SSSR count). The van der Waals surface area contributed by atoms with E-state index >= 15 is 0 Å². The highest BCUT2D eigenvalue weighted by Crippen LogP contribution is 2.10. The van der Waals surface area contributed by atoms with Gasteiger partial charge in [-0.15, -0.1) is 10.2 Å². The second kappa shape index (κ2) is 6.48. The first kappa shape index (κ1) is 13.7. The van der Waals surface area contributed by atoms with Crippen molar-refractivity contribution in [2.24, 2.45) is 0 Å². The summed E-state index contributed by atoms with van der Waals surface area (Å²) in [5.41, 5.74) is 2.59. The fraction of sp³-hybridized carbons (Fsp3) is 0.467. The van der Waals surface area contributed by atoms with Crippen LogP contribution in [0, 0.1) is 6.92 Å². The molecule has 1 N–H and O–H groups in total. The molecule has 0 saturated heterocycles. The Morgan fingerprint density at radius 1 is 1.05 bits per heavy atom. The van der Waals surface area contributed by atoms with Gasteiger partial charge in [-0.3, -0.25) is 0 Å². The number of aryl methyl sites for hydroxylation is 3. The SMILES string of the molecule is CCCn1c(CO)nnc1CCc1ccc(C)cc1. The molecule has 0 saturated carbocycles. The topological polar surface area (TPSA) is 50.9 Å². The van der Waals surface area contributed by atoms with E-state index in [2.05, 4.69) is 48.3 Å². The lowest BCUT2D eigenvalue weighted by Gasteiger charge is -2.07. The second-order valence-corrected chi connectivity index (χ2v) is 4.83. The number of rotatable bonds is 6. The van der Waals surface area contributed by atoms with Gasteiger partial charge in [0, 0.05) is 13.0 Å². The van der Waals surface area contributed by atoms with E-state index in [0.29, 0.717) is 5.82 Å². The van der Waals surface area contributed by atoms with Crippen molar-refractivity contribution >= 4 is 0 Å². The molecule has 0 unspecified atom stereocenters. The van der Waals surface area contributed by atoms with Gasteiger partial charge < -0.3 is 9.67 Å². The van der Waals surface area contributed by atoms with Gasteiger partial charge in [0.25, 0.3) is 0 Å². The zero-order valence-electron chi connectivity index (χ0n) is 11.6. The number of benzene rings is 1. The monoisotopic (exact) mass is 259 g/mol. The highest BCUT2D eigenvalue weighted by Gasteiger charge is 2.10. The van der Waals surface area contributed by atoms with Crippen LogP contribution >= 0.6 is 0 Å². The van der Waals surface area contributed by atoms with E-state index in [9.17, 15) is 5.11 Å². The molecule has 4 heteroatoms. The molecule has 0 radical (unpaired) electrons. The Bertz CT molecular complexity index is 517. The van der Waals surface area contributed by atoms with Gasteiger partial charge in [-0.25, -0.2) is 0 Å². The average molecular weight is 259 g/mol. The zero-order valence-corrected chi connectivity index (χ0v) is 11.6. The van der Waals surface area contributed by atoms with E-state index in [1.54, 1.807) is 0 Å². The maximum Gasteiger partial charge on any atom is 0.158 e. The fourth-order valence-corrected chi connectivity index (χ4v) is 2.17. The van der Waals surface area contributed by atoms with E-state index in [1.165, 1.54) is 11.1 Å². The van der Waals surface area contributed by atoms with Gasteiger partial charge in [-0.05, 0) is 25.3 Å². The Morgan fingerprint density at radius 3 is 2.37 bits per heavy atom. The molecule has 0 atom stereocenters. The van der Waals surface area contributed by atoms with Gasteiger partial charge in [-0.2, -0.15) is 0 Å². The van der Waals surface area contributed by atoms with Crippen molar-refractivity contribution in [3.63, 3.8) is 0 Å². The molecule has 19 heavy (non-hydrogen) atoms. The first-order valence-electron chi connectivity index (χ1n) is 6.82. The lowest BCUT2D eigenvalue weighted by Crippen LogP contribution is -2.08. The van der Waals surface area contributed by atoms with Crippen LogP contribution in [-0.2, 0) is 26.0 Å². The molecule has 1 heterocycles. The lowest BCUT2D eigenvalue weighted by atomic mass is 10.1. The number of nitrogens with zero attached hydrogens (tertiary/aromatic N) is 3. The Hall–Kier alpha value is -1.68. The quantitative estimate of drug-likeness (QED) is 0.866. The molecular formula is C15H21N3O. The molecule has 4 nitrogen and oxygen atoms in total. The Labute approximate surface area is 114 Å². The van der Waals surface area contributed by atoms with Crippen molar-refractivity contribution in [3.05, 3.63) is 47.0 Å². The van der Waals surface area contributed by atoms with Crippen molar-refractivity contribution in [2.45, 2.75) is 46.3 Å². The minimum Gasteiger partial charge on any atom is -0.388 e. The highest BCUT2D eigenvalue weighted by molar-refractivity contribution is 5.21. The third kappa shape index (κ3) is 3.41. The maximum absolute atomic E-state index is 9.25. The van der Waals surface area contributed by atoms with Crippen molar-refractivity contribution in [1.82, 2.24) is 14.8 Å². The fourth-order valence-electron chi connectivity index (χ4n) is 2.17. The van der Waals surface area contributed by atoms with E-state index < -0.39 is 0 Å². The highest BCUT2D eigenvalue weighted by atomic mass is 16.3. The summed E-state index contributed by atoms with van der Waals surface area (Å²) < 4.78 is 2.04. The van der Waals surface area contributed by atoms with Crippen molar-refractivity contribution in [2.75, 3.05) is 0 Å². The molecule has 0 amide bonds. The molecule has 0 bridgehead atoms. The molecule has 0 aliphatic rings. The lowest BCUT2D eigenvalue weighted by molar-refractivity contribution is 0.264. The van der Waals surface area contributed by atoms with Crippen LogP contribution in [0.15, 0.2) is 24.3 Å². The van der Waals surface area contributed by atoms with Gasteiger partial charge in [0.1, 0.15) is 12.4 Å². The summed E-state index contributed by atoms with van der Waals surface area (Å²) in [6, 6.07) is 8.57. The second-order valence-electron chi connectivity index (χ2n) is 4.83. The number of hydrogen-bond acceptors (Lipinski definition) is 3. The van der Waals surface area contributed by atoms with Gasteiger partial charge in [0.15, 0.2) is 5.82 Å². The summed E-state index contributed by atoms with van der Waals surface area (Å²) in [5, 5.41) is 17.5. The first-order chi connectivity index (χ1) is 9.24. The molecule has 0 aliphatic carbocycles. The summed E-state index contributed by atoms with van der Waals surface area (Å²) in [6.07, 6.45) is 2.83. The Balaban J connectivity index is 2.06. The summed E-state index contributed by atoms with van der Waals surface area (Å²) in [4.78, 5) is 0. The number of hydrogen-bond donors (Lipinski definition) is 1. The van der Waals surface area contributed by atoms with Crippen LogP contribution in [0.1, 0.15) is 36.1 Å². The largest absolute Gasteiger partial charge is 0.388 e. The molecular weight excluding hydrogens is 238 g/mol. The molecule has 0 spiro atoms. The van der Waals surface area contributed by atoms with Crippen LogP contribution in [0.5, 0.6) is 0 Å². The molecule has 0 aliphatic heterocycles. The third-order valence-corrected chi connectivity index (χ3v) is 3.25. The minimum atomic E-state index is -0.0441. The van der Waals surface area contributed by atoms with Crippen molar-refractivity contribution in [3.8, 4) is 0 Å². The predicted molar refractivity (Wildman–Crippen MR) is 74.8 cm³/mol. The van der Waals surface area contributed by atoms with Gasteiger partial charge in [0.05, 0.1) is 0 Å². The summed E-state index contributed by atoms with van der Waals surface area (Å²) in [5.74, 6) is 1.63. The predicted octanol–water partition coefficient (Wildman–Crippen LogP) is 2.27. The third-order valence-electron chi connectivity index (χ3n) is 3.25. The number of aliphatic hydroxyl groups excluding tert-OH is 1. The minimum absolute atomic E-state index is 0.0441. The summed E-state index contributed by atoms with van der Waals surface area (Å²) in [6.45, 7) is 5.03. The van der Waals surface area contributed by atoms with E-state index in [4.69, 9.17) is 0 Å². The molecule has 1 aromatic carbocycles. The Kier molecular flexibility index (Phi) is 4.68. The smallest absolute Gasteiger partial charge is 0.158 e. The molecule has 0 fully saturated rings. The van der Waals surface area contributed by atoms with Crippen molar-refractivity contribution in [1.29, 1.82) is 0 Å². The van der Waals surface area contributed by atoms with Gasteiger partial charge in [0.2, 0.25) is 0 Å². The average Bonchev–Trinajstić information content (AvgIpc) is 2.81. The van der Waals surface area contributed by atoms with Crippen molar-refractivity contribution < 1.29 is 5.11 Å². The molecule has 2 aromatic rings. The first-order valence-corrected chi connectivity index (χ1v) is 6.82. The van der Waals surface area contributed by atoms with Crippen LogP contribution in [0.25, 0.3) is 0 Å².